The summed E-state index contributed by atoms with van der Waals surface area (Å²) in [5.41, 5.74) is 1.75. The van der Waals surface area contributed by atoms with Gasteiger partial charge in [-0.05, 0) is 42.7 Å². The number of carbonyl (C=O) groups excluding carboxylic acids is 2. The third kappa shape index (κ3) is 5.23. The molecule has 1 saturated heterocycles. The van der Waals surface area contributed by atoms with E-state index in [1.165, 1.54) is 0 Å². The maximum absolute atomic E-state index is 12.8. The average Bonchev–Trinajstić information content (AvgIpc) is 2.68. The van der Waals surface area contributed by atoms with Crippen LogP contribution in [0.4, 0.5) is 10.5 Å². The summed E-state index contributed by atoms with van der Waals surface area (Å²) >= 11 is 6.02. The first-order valence-corrected chi connectivity index (χ1v) is 9.51. The maximum atomic E-state index is 12.8. The quantitative estimate of drug-likeness (QED) is 0.855. The Morgan fingerprint density at radius 2 is 1.96 bits per heavy atom. The van der Waals surface area contributed by atoms with Crippen LogP contribution in [0.25, 0.3) is 0 Å². The Hall–Kier alpha value is -2.53. The number of amides is 3. The van der Waals surface area contributed by atoms with Gasteiger partial charge < -0.3 is 15.1 Å². The molecule has 0 spiro atoms. The first-order valence-electron chi connectivity index (χ1n) is 9.13. The van der Waals surface area contributed by atoms with Gasteiger partial charge in [0.2, 0.25) is 5.91 Å². The first kappa shape index (κ1) is 19.2. The minimum atomic E-state index is -0.176. The molecule has 1 aliphatic rings. The fraction of sp³-hybridized carbons (Fsp3) is 0.333. The lowest BCUT2D eigenvalue weighted by molar-refractivity contribution is -0.136. The third-order valence-electron chi connectivity index (χ3n) is 4.77. The van der Waals surface area contributed by atoms with Gasteiger partial charge in [0.1, 0.15) is 0 Å². The van der Waals surface area contributed by atoms with Crippen LogP contribution in [0.1, 0.15) is 18.4 Å². The number of nitrogens with zero attached hydrogens (tertiary/aromatic N) is 2. The summed E-state index contributed by atoms with van der Waals surface area (Å²) < 4.78 is 0. The van der Waals surface area contributed by atoms with Gasteiger partial charge in [-0.1, -0.05) is 41.9 Å². The van der Waals surface area contributed by atoms with E-state index in [-0.39, 0.29) is 17.9 Å². The third-order valence-corrected chi connectivity index (χ3v) is 5.00. The zero-order valence-electron chi connectivity index (χ0n) is 15.4. The Kier molecular flexibility index (Phi) is 6.35. The zero-order valence-corrected chi connectivity index (χ0v) is 16.2. The van der Waals surface area contributed by atoms with Gasteiger partial charge >= 0.3 is 6.03 Å². The maximum Gasteiger partial charge on any atom is 0.321 e. The van der Waals surface area contributed by atoms with Gasteiger partial charge in [-0.3, -0.25) is 4.79 Å². The molecule has 27 heavy (non-hydrogen) atoms. The van der Waals surface area contributed by atoms with Crippen molar-refractivity contribution in [3.05, 3.63) is 65.2 Å². The van der Waals surface area contributed by atoms with E-state index in [9.17, 15) is 9.59 Å². The van der Waals surface area contributed by atoms with Crippen LogP contribution in [0.3, 0.4) is 0 Å². The van der Waals surface area contributed by atoms with Crippen molar-refractivity contribution < 1.29 is 9.59 Å². The summed E-state index contributed by atoms with van der Waals surface area (Å²) in [7, 11) is 1.80. The van der Waals surface area contributed by atoms with Gasteiger partial charge in [0.25, 0.3) is 0 Å². The number of urea groups is 1. The lowest BCUT2D eigenvalue weighted by Gasteiger charge is -2.34. The van der Waals surface area contributed by atoms with Crippen LogP contribution in [0, 0.1) is 5.92 Å². The fourth-order valence-electron chi connectivity index (χ4n) is 3.39. The van der Waals surface area contributed by atoms with Crippen LogP contribution in [0.2, 0.25) is 5.02 Å². The molecule has 5 nitrogen and oxygen atoms in total. The van der Waals surface area contributed by atoms with Gasteiger partial charge in [-0.15, -0.1) is 0 Å². The smallest absolute Gasteiger partial charge is 0.321 e. The predicted octanol–water partition coefficient (Wildman–Crippen LogP) is 4.24. The van der Waals surface area contributed by atoms with Gasteiger partial charge in [0, 0.05) is 37.4 Å². The Bertz CT molecular complexity index is 797. The highest BCUT2D eigenvalue weighted by atomic mass is 35.5. The second kappa shape index (κ2) is 8.91. The number of halogens is 1. The van der Waals surface area contributed by atoms with Gasteiger partial charge in [0.05, 0.1) is 5.92 Å². The number of para-hydroxylation sites is 1. The molecule has 3 amide bonds. The van der Waals surface area contributed by atoms with E-state index < -0.39 is 0 Å². The number of hydrogen-bond donors (Lipinski definition) is 1. The average molecular weight is 386 g/mol. The van der Waals surface area contributed by atoms with Crippen molar-refractivity contribution >= 4 is 29.2 Å². The Balaban J connectivity index is 1.58. The van der Waals surface area contributed by atoms with Crippen molar-refractivity contribution in [2.75, 3.05) is 25.5 Å². The first-order chi connectivity index (χ1) is 13.0. The number of hydrogen-bond acceptors (Lipinski definition) is 2. The highest BCUT2D eigenvalue weighted by Crippen LogP contribution is 2.21. The number of rotatable bonds is 4. The summed E-state index contributed by atoms with van der Waals surface area (Å²) in [5.74, 6) is -0.114. The lowest BCUT2D eigenvalue weighted by atomic mass is 9.96. The van der Waals surface area contributed by atoms with E-state index in [1.807, 2.05) is 54.6 Å². The van der Waals surface area contributed by atoms with Crippen molar-refractivity contribution in [1.82, 2.24) is 9.80 Å². The molecule has 0 bridgehead atoms. The molecule has 142 valence electrons. The number of carbonyl (C=O) groups is 2. The van der Waals surface area contributed by atoms with Crippen LogP contribution in [0.15, 0.2) is 54.6 Å². The van der Waals surface area contributed by atoms with Crippen LogP contribution < -0.4 is 5.32 Å². The molecule has 1 N–H and O–H groups in total. The largest absolute Gasteiger partial charge is 0.341 e. The number of anilines is 1. The Labute approximate surface area is 164 Å². The lowest BCUT2D eigenvalue weighted by Crippen LogP contribution is -2.47. The number of benzene rings is 2. The topological polar surface area (TPSA) is 52.7 Å². The van der Waals surface area contributed by atoms with Gasteiger partial charge in [-0.2, -0.15) is 0 Å². The van der Waals surface area contributed by atoms with Crippen LogP contribution >= 0.6 is 11.6 Å². The van der Waals surface area contributed by atoms with E-state index >= 15 is 0 Å². The Morgan fingerprint density at radius 1 is 1.19 bits per heavy atom. The Morgan fingerprint density at radius 3 is 2.70 bits per heavy atom. The predicted molar refractivity (Wildman–Crippen MR) is 108 cm³/mol. The molecule has 1 fully saturated rings. The van der Waals surface area contributed by atoms with E-state index in [2.05, 4.69) is 5.32 Å². The minimum Gasteiger partial charge on any atom is -0.341 e. The molecule has 0 radical (unpaired) electrons. The highest BCUT2D eigenvalue weighted by molar-refractivity contribution is 6.30. The van der Waals surface area contributed by atoms with Gasteiger partial charge in [0.15, 0.2) is 0 Å². The molecular formula is C21H24ClN3O2. The molecule has 6 heteroatoms. The van der Waals surface area contributed by atoms with Crippen molar-refractivity contribution in [2.45, 2.75) is 19.4 Å². The standard InChI is InChI=1S/C21H24ClN3O2/c1-24(14-16-7-5-9-18(22)13-16)20(26)17-8-6-12-25(15-17)21(27)23-19-10-3-2-4-11-19/h2-5,7,9-11,13,17H,6,8,12,14-15H2,1H3,(H,23,27). The molecule has 0 aromatic heterocycles. The van der Waals surface area contributed by atoms with E-state index in [1.54, 1.807) is 16.8 Å². The van der Waals surface area contributed by atoms with Crippen LogP contribution in [-0.2, 0) is 11.3 Å². The highest BCUT2D eigenvalue weighted by Gasteiger charge is 2.30. The number of piperidine rings is 1. The molecule has 1 unspecified atom stereocenters. The monoisotopic (exact) mass is 385 g/mol. The molecule has 0 saturated carbocycles. The van der Waals surface area contributed by atoms with Crippen molar-refractivity contribution in [3.63, 3.8) is 0 Å². The molecule has 2 aromatic rings. The van der Waals surface area contributed by atoms with E-state index in [4.69, 9.17) is 11.6 Å². The summed E-state index contributed by atoms with van der Waals surface area (Å²) in [6.07, 6.45) is 1.62. The number of nitrogens with one attached hydrogen (secondary N) is 1. The molecule has 1 aliphatic heterocycles. The second-order valence-corrected chi connectivity index (χ2v) is 7.34. The van der Waals surface area contributed by atoms with Crippen LogP contribution in [0.5, 0.6) is 0 Å². The number of likely N-dealkylation sites (tertiary alicyclic amines) is 1. The summed E-state index contributed by atoms with van der Waals surface area (Å²) in [5, 5.41) is 3.56. The van der Waals surface area contributed by atoms with Crippen LogP contribution in [-0.4, -0.2) is 41.9 Å². The molecule has 0 aliphatic carbocycles. The summed E-state index contributed by atoms with van der Waals surface area (Å²) in [6, 6.07) is 16.7. The summed E-state index contributed by atoms with van der Waals surface area (Å²) in [6.45, 7) is 1.62. The van der Waals surface area contributed by atoms with Gasteiger partial charge in [-0.25, -0.2) is 4.79 Å². The summed E-state index contributed by atoms with van der Waals surface area (Å²) in [4.78, 5) is 28.8. The molecule has 1 atom stereocenters. The van der Waals surface area contributed by atoms with Crippen molar-refractivity contribution in [2.24, 2.45) is 5.92 Å². The SMILES string of the molecule is CN(Cc1cccc(Cl)c1)C(=O)C1CCCN(C(=O)Nc2ccccc2)C1. The fourth-order valence-corrected chi connectivity index (χ4v) is 3.60. The molecule has 3 rings (SSSR count). The normalized spacial score (nSPS) is 16.7. The van der Waals surface area contributed by atoms with Crippen molar-refractivity contribution in [3.8, 4) is 0 Å². The van der Waals surface area contributed by atoms with E-state index in [0.29, 0.717) is 24.7 Å². The zero-order chi connectivity index (χ0) is 19.2. The minimum absolute atomic E-state index is 0.0622. The molecular weight excluding hydrogens is 362 g/mol. The van der Waals surface area contributed by atoms with E-state index in [0.717, 1.165) is 24.1 Å². The van der Waals surface area contributed by atoms with Crippen molar-refractivity contribution in [1.29, 1.82) is 0 Å². The second-order valence-electron chi connectivity index (χ2n) is 6.91. The molecule has 1 heterocycles. The molecule has 2 aromatic carbocycles.